The molecule has 3 unspecified atom stereocenters. The highest BCUT2D eigenvalue weighted by atomic mass is 16.6. The first-order chi connectivity index (χ1) is 12.6. The summed E-state index contributed by atoms with van der Waals surface area (Å²) in [5.74, 6) is -1.56. The van der Waals surface area contributed by atoms with Gasteiger partial charge in [-0.1, -0.05) is 36.9 Å². The van der Waals surface area contributed by atoms with Crippen LogP contribution < -0.4 is 0 Å². The molecule has 1 aromatic carbocycles. The van der Waals surface area contributed by atoms with Crippen molar-refractivity contribution in [2.75, 3.05) is 0 Å². The van der Waals surface area contributed by atoms with Crippen LogP contribution in [0.5, 0.6) is 0 Å². The number of carbonyl (C=O) groups excluding carboxylic acids is 2. The third-order valence-corrected chi connectivity index (χ3v) is 4.77. The van der Waals surface area contributed by atoms with Crippen LogP contribution in [-0.4, -0.2) is 56.6 Å². The molecule has 2 bridgehead atoms. The first-order valence-corrected chi connectivity index (χ1v) is 8.86. The van der Waals surface area contributed by atoms with E-state index in [-0.39, 0.29) is 13.0 Å². The lowest BCUT2D eigenvalue weighted by Crippen LogP contribution is -2.66. The number of hydrogen-bond donors (Lipinski definition) is 1. The van der Waals surface area contributed by atoms with Crippen LogP contribution in [0, 0.1) is 0 Å². The highest BCUT2D eigenvalue weighted by Gasteiger charge is 2.58. The maximum atomic E-state index is 13.1. The van der Waals surface area contributed by atoms with Gasteiger partial charge < -0.3 is 14.7 Å². The number of nitrogens with zero attached hydrogens (tertiary/aromatic N) is 2. The van der Waals surface area contributed by atoms with E-state index in [0.717, 1.165) is 5.56 Å². The number of carboxylic acids is 1. The predicted molar refractivity (Wildman–Crippen MR) is 97.8 cm³/mol. The van der Waals surface area contributed by atoms with Crippen LogP contribution >= 0.6 is 0 Å². The Kier molecular flexibility index (Phi) is 4.71. The first-order valence-electron chi connectivity index (χ1n) is 8.86. The molecule has 2 aliphatic heterocycles. The molecule has 0 spiro atoms. The molecule has 144 valence electrons. The second-order valence-electron chi connectivity index (χ2n) is 7.95. The van der Waals surface area contributed by atoms with Crippen LogP contribution in [-0.2, 0) is 20.9 Å². The molecule has 0 radical (unpaired) electrons. The largest absolute Gasteiger partial charge is 0.480 e. The molecule has 0 aromatic heterocycles. The van der Waals surface area contributed by atoms with Crippen LogP contribution in [0.3, 0.4) is 0 Å². The van der Waals surface area contributed by atoms with E-state index in [1.807, 2.05) is 30.3 Å². The number of carboxylic acid groups (broad SMARTS) is 1. The van der Waals surface area contributed by atoms with E-state index < -0.39 is 41.7 Å². The lowest BCUT2D eigenvalue weighted by atomic mass is 9.99. The summed E-state index contributed by atoms with van der Waals surface area (Å²) >= 11 is 0. The number of rotatable bonds is 3. The summed E-state index contributed by atoms with van der Waals surface area (Å²) in [6.07, 6.45) is -0.437. The van der Waals surface area contributed by atoms with E-state index in [1.165, 1.54) is 9.80 Å². The van der Waals surface area contributed by atoms with Gasteiger partial charge in [-0.25, -0.2) is 9.59 Å². The van der Waals surface area contributed by atoms with Crippen LogP contribution in [0.2, 0.25) is 0 Å². The lowest BCUT2D eigenvalue weighted by molar-refractivity contribution is -0.160. The molecule has 7 nitrogen and oxygen atoms in total. The van der Waals surface area contributed by atoms with Gasteiger partial charge in [0.05, 0.1) is 6.04 Å². The second-order valence-corrected chi connectivity index (χ2v) is 7.95. The van der Waals surface area contributed by atoms with Crippen molar-refractivity contribution >= 4 is 18.0 Å². The average Bonchev–Trinajstić information content (AvgIpc) is 2.85. The van der Waals surface area contributed by atoms with E-state index in [9.17, 15) is 19.5 Å². The van der Waals surface area contributed by atoms with Crippen LogP contribution in [0.15, 0.2) is 42.5 Å². The third-order valence-electron chi connectivity index (χ3n) is 4.77. The van der Waals surface area contributed by atoms with Crippen molar-refractivity contribution < 1.29 is 24.2 Å². The van der Waals surface area contributed by atoms with Gasteiger partial charge in [-0.15, -0.1) is 0 Å². The van der Waals surface area contributed by atoms with Crippen molar-refractivity contribution in [1.82, 2.24) is 9.80 Å². The maximum Gasteiger partial charge on any atom is 0.411 e. The minimum atomic E-state index is -1.20. The minimum absolute atomic E-state index is 0.166. The summed E-state index contributed by atoms with van der Waals surface area (Å²) in [7, 11) is 0. The quantitative estimate of drug-likeness (QED) is 0.824. The fraction of sp³-hybridized carbons (Fsp3) is 0.450. The van der Waals surface area contributed by atoms with Crippen molar-refractivity contribution in [1.29, 1.82) is 0 Å². The van der Waals surface area contributed by atoms with Gasteiger partial charge in [0.2, 0.25) is 5.91 Å². The van der Waals surface area contributed by atoms with Crippen LogP contribution in [0.4, 0.5) is 4.79 Å². The van der Waals surface area contributed by atoms with E-state index in [4.69, 9.17) is 4.74 Å². The molecule has 2 saturated heterocycles. The Balaban J connectivity index is 1.96. The molecule has 3 rings (SSSR count). The second kappa shape index (κ2) is 6.72. The maximum absolute atomic E-state index is 13.1. The van der Waals surface area contributed by atoms with Gasteiger partial charge in [0.25, 0.3) is 0 Å². The Bertz CT molecular complexity index is 783. The fourth-order valence-corrected chi connectivity index (χ4v) is 3.72. The molecule has 1 aromatic rings. The zero-order valence-electron chi connectivity index (χ0n) is 15.7. The minimum Gasteiger partial charge on any atom is -0.480 e. The van der Waals surface area contributed by atoms with Crippen LogP contribution in [0.25, 0.3) is 0 Å². The Morgan fingerprint density at radius 1 is 1.26 bits per heavy atom. The highest BCUT2D eigenvalue weighted by Crippen LogP contribution is 2.39. The van der Waals surface area contributed by atoms with Crippen LogP contribution in [0.1, 0.15) is 32.8 Å². The van der Waals surface area contributed by atoms with Gasteiger partial charge in [-0.2, -0.15) is 0 Å². The van der Waals surface area contributed by atoms with Gasteiger partial charge in [-0.3, -0.25) is 9.69 Å². The van der Waals surface area contributed by atoms with Crippen molar-refractivity contribution in [3.63, 3.8) is 0 Å². The Morgan fingerprint density at radius 2 is 1.89 bits per heavy atom. The highest BCUT2D eigenvalue weighted by molar-refractivity contribution is 5.94. The Hall–Kier alpha value is -2.83. The normalized spacial score (nSPS) is 24.9. The zero-order valence-corrected chi connectivity index (χ0v) is 15.7. The van der Waals surface area contributed by atoms with Crippen molar-refractivity contribution in [3.05, 3.63) is 48.0 Å². The summed E-state index contributed by atoms with van der Waals surface area (Å²) in [5, 5.41) is 9.86. The van der Waals surface area contributed by atoms with E-state index in [2.05, 4.69) is 6.58 Å². The molecular formula is C20H24N2O5. The van der Waals surface area contributed by atoms with Crippen molar-refractivity contribution in [3.8, 4) is 0 Å². The van der Waals surface area contributed by atoms with Crippen molar-refractivity contribution in [2.24, 2.45) is 0 Å². The number of amides is 2. The molecular weight excluding hydrogens is 348 g/mol. The zero-order chi connectivity index (χ0) is 19.9. The molecule has 7 heteroatoms. The van der Waals surface area contributed by atoms with Crippen molar-refractivity contribution in [2.45, 2.75) is 57.5 Å². The molecule has 0 saturated carbocycles. The molecule has 1 N–H and O–H groups in total. The summed E-state index contributed by atoms with van der Waals surface area (Å²) < 4.78 is 5.42. The topological polar surface area (TPSA) is 87.2 Å². The first kappa shape index (κ1) is 18.9. The monoisotopic (exact) mass is 372 g/mol. The summed E-state index contributed by atoms with van der Waals surface area (Å²) in [6.45, 7) is 9.29. The summed E-state index contributed by atoms with van der Waals surface area (Å²) in [6, 6.07) is 6.41. The molecule has 2 amide bonds. The number of fused-ring (bicyclic) bond motifs is 2. The molecule has 2 aliphatic rings. The fourth-order valence-electron chi connectivity index (χ4n) is 3.72. The number of likely N-dealkylation sites (tertiary alicyclic amines) is 1. The van der Waals surface area contributed by atoms with Gasteiger partial charge in [0.15, 0.2) is 6.04 Å². The number of piperazine rings is 1. The Labute approximate surface area is 158 Å². The van der Waals surface area contributed by atoms with Gasteiger partial charge in [-0.05, 0) is 38.3 Å². The summed E-state index contributed by atoms with van der Waals surface area (Å²) in [5.41, 5.74) is 0.635. The average molecular weight is 372 g/mol. The number of benzene rings is 1. The van der Waals surface area contributed by atoms with Gasteiger partial charge in [0, 0.05) is 6.54 Å². The Morgan fingerprint density at radius 3 is 2.44 bits per heavy atom. The van der Waals surface area contributed by atoms with E-state index in [0.29, 0.717) is 5.57 Å². The molecule has 2 fully saturated rings. The standard InChI is InChI=1S/C20H24N2O5/c1-12-10-14-17(23)21(11-13-8-6-5-7-9-13)16(18(24)25)15(12)22(14)19(26)27-20(2,3)4/h5-9,14-16H,1,10-11H2,2-4H3,(H,24,25). The number of carbonyl (C=O) groups is 3. The van der Waals surface area contributed by atoms with Gasteiger partial charge >= 0.3 is 12.1 Å². The lowest BCUT2D eigenvalue weighted by Gasteiger charge is -2.44. The van der Waals surface area contributed by atoms with Gasteiger partial charge in [0.1, 0.15) is 11.6 Å². The number of ether oxygens (including phenoxy) is 1. The number of hydrogen-bond acceptors (Lipinski definition) is 4. The van der Waals surface area contributed by atoms with E-state index in [1.54, 1.807) is 20.8 Å². The molecule has 0 aliphatic carbocycles. The third kappa shape index (κ3) is 3.54. The smallest absolute Gasteiger partial charge is 0.411 e. The molecule has 2 heterocycles. The number of aliphatic carboxylic acids is 1. The molecule has 3 atom stereocenters. The molecule has 27 heavy (non-hydrogen) atoms. The predicted octanol–water partition coefficient (Wildman–Crippen LogP) is 2.42. The summed E-state index contributed by atoms with van der Waals surface area (Å²) in [4.78, 5) is 40.5. The van der Waals surface area contributed by atoms with E-state index >= 15 is 0 Å². The SMILES string of the molecule is C=C1CC2C(=O)N(Cc3ccccc3)C(C(=O)O)C1N2C(=O)OC(C)(C)C.